The zero-order valence-electron chi connectivity index (χ0n) is 42.0. The lowest BCUT2D eigenvalue weighted by Crippen LogP contribution is -2.30. The van der Waals surface area contributed by atoms with Gasteiger partial charge in [-0.05, 0) is 109 Å². The Morgan fingerprint density at radius 3 is 1.14 bits per heavy atom. The van der Waals surface area contributed by atoms with Crippen LogP contribution in [0.3, 0.4) is 0 Å². The molecule has 0 aliphatic rings. The first-order valence-corrected chi connectivity index (χ1v) is 26.4. The number of allylic oxidation sites excluding steroid dienone is 18. The lowest BCUT2D eigenvalue weighted by atomic mass is 10.1. The second kappa shape index (κ2) is 52.7. The number of hydrogen-bond donors (Lipinski definition) is 0. The van der Waals surface area contributed by atoms with Gasteiger partial charge in [0.25, 0.3) is 0 Å². The minimum absolute atomic E-state index is 0.109. The van der Waals surface area contributed by atoms with Crippen LogP contribution in [0.2, 0.25) is 0 Å². The highest BCUT2D eigenvalue weighted by molar-refractivity contribution is 5.71. The largest absolute Gasteiger partial charge is 0.462 e. The van der Waals surface area contributed by atoms with Gasteiger partial charge in [-0.25, -0.2) is 0 Å². The summed E-state index contributed by atoms with van der Waals surface area (Å²) in [4.78, 5) is 38.0. The van der Waals surface area contributed by atoms with E-state index in [1.165, 1.54) is 57.8 Å². The van der Waals surface area contributed by atoms with E-state index in [1.54, 1.807) is 0 Å². The Labute approximate surface area is 400 Å². The first kappa shape index (κ1) is 61.1. The molecule has 0 aromatic rings. The highest BCUT2D eigenvalue weighted by Crippen LogP contribution is 2.12. The van der Waals surface area contributed by atoms with Crippen LogP contribution in [0.1, 0.15) is 226 Å². The van der Waals surface area contributed by atoms with Crippen LogP contribution in [0.5, 0.6) is 0 Å². The van der Waals surface area contributed by atoms with Crippen molar-refractivity contribution in [1.82, 2.24) is 0 Å². The molecule has 0 heterocycles. The Morgan fingerprint density at radius 1 is 0.338 bits per heavy atom. The van der Waals surface area contributed by atoms with Crippen LogP contribution in [-0.2, 0) is 28.6 Å². The smallest absolute Gasteiger partial charge is 0.306 e. The summed E-state index contributed by atoms with van der Waals surface area (Å²) in [6, 6.07) is 0. The van der Waals surface area contributed by atoms with Gasteiger partial charge in [0.05, 0.1) is 0 Å². The average Bonchev–Trinajstić information content (AvgIpc) is 3.30. The van der Waals surface area contributed by atoms with Crippen molar-refractivity contribution in [3.05, 3.63) is 109 Å². The number of unbranched alkanes of at least 4 members (excludes halogenated alkanes) is 20. The molecule has 0 fully saturated rings. The molecular weight excluding hydrogens is 805 g/mol. The van der Waals surface area contributed by atoms with E-state index in [-0.39, 0.29) is 37.5 Å². The van der Waals surface area contributed by atoms with Crippen LogP contribution >= 0.6 is 0 Å². The summed E-state index contributed by atoms with van der Waals surface area (Å²) in [5.74, 6) is -0.983. The van der Waals surface area contributed by atoms with Crippen LogP contribution in [0.4, 0.5) is 0 Å². The minimum Gasteiger partial charge on any atom is -0.462 e. The molecule has 0 aliphatic carbocycles. The normalized spacial score (nSPS) is 13.0. The third kappa shape index (κ3) is 50.9. The van der Waals surface area contributed by atoms with E-state index in [0.29, 0.717) is 12.8 Å². The van der Waals surface area contributed by atoms with Crippen molar-refractivity contribution in [3.8, 4) is 0 Å². The second-order valence-corrected chi connectivity index (χ2v) is 17.1. The summed E-state index contributed by atoms with van der Waals surface area (Å²) in [6.07, 6.45) is 70.6. The Balaban J connectivity index is 4.53. The van der Waals surface area contributed by atoms with Crippen molar-refractivity contribution in [2.75, 3.05) is 13.2 Å². The summed E-state index contributed by atoms with van der Waals surface area (Å²) in [5, 5.41) is 0. The molecule has 0 rings (SSSR count). The van der Waals surface area contributed by atoms with E-state index >= 15 is 0 Å². The molecule has 0 saturated carbocycles. The van der Waals surface area contributed by atoms with Crippen LogP contribution < -0.4 is 0 Å². The maximum absolute atomic E-state index is 12.8. The van der Waals surface area contributed by atoms with Crippen molar-refractivity contribution in [3.63, 3.8) is 0 Å². The standard InChI is InChI=1S/C59H96O6/c1-4-7-10-13-16-19-22-25-27-29-30-32-34-37-40-43-46-49-52-58(61)64-55-56(54-63-57(60)51-48-45-42-39-36-33-24-21-18-15-12-9-6-3)65-59(62)53-50-47-44-41-38-35-31-28-26-23-20-17-14-11-8-5-2/h8,11,16-17,19-20,22,25-30,32-33,35-36,38,56H,4-7,9-10,12-15,18,21,23-24,31,34,37,39-55H2,1-3H3/b11-8-,19-16-,20-17-,25-22-,28-26-,29-27-,32-30-,36-33-,38-35-. The Bertz CT molecular complexity index is 1360. The first-order chi connectivity index (χ1) is 32.0. The van der Waals surface area contributed by atoms with Crippen molar-refractivity contribution in [2.24, 2.45) is 0 Å². The van der Waals surface area contributed by atoms with Gasteiger partial charge >= 0.3 is 17.9 Å². The van der Waals surface area contributed by atoms with Gasteiger partial charge in [0.2, 0.25) is 0 Å². The molecule has 65 heavy (non-hydrogen) atoms. The Hall–Kier alpha value is -3.93. The molecule has 368 valence electrons. The highest BCUT2D eigenvalue weighted by atomic mass is 16.6. The molecule has 0 aliphatic heterocycles. The van der Waals surface area contributed by atoms with Crippen molar-refractivity contribution in [2.45, 2.75) is 232 Å². The number of hydrogen-bond acceptors (Lipinski definition) is 6. The van der Waals surface area contributed by atoms with Crippen LogP contribution in [0.25, 0.3) is 0 Å². The van der Waals surface area contributed by atoms with Gasteiger partial charge in [-0.2, -0.15) is 0 Å². The van der Waals surface area contributed by atoms with E-state index in [2.05, 4.69) is 130 Å². The van der Waals surface area contributed by atoms with E-state index in [1.807, 2.05) is 0 Å². The van der Waals surface area contributed by atoms with Crippen molar-refractivity contribution >= 4 is 17.9 Å². The average molecular weight is 901 g/mol. The van der Waals surface area contributed by atoms with E-state index in [9.17, 15) is 14.4 Å². The zero-order valence-corrected chi connectivity index (χ0v) is 42.0. The fraction of sp³-hybridized carbons (Fsp3) is 0.644. The lowest BCUT2D eigenvalue weighted by Gasteiger charge is -2.18. The third-order valence-electron chi connectivity index (χ3n) is 10.8. The predicted octanol–water partition coefficient (Wildman–Crippen LogP) is 17.5. The first-order valence-electron chi connectivity index (χ1n) is 26.4. The second-order valence-electron chi connectivity index (χ2n) is 17.1. The van der Waals surface area contributed by atoms with Crippen LogP contribution in [0, 0.1) is 0 Å². The Morgan fingerprint density at radius 2 is 0.662 bits per heavy atom. The Kier molecular flexibility index (Phi) is 49.5. The summed E-state index contributed by atoms with van der Waals surface area (Å²) >= 11 is 0. The zero-order chi connectivity index (χ0) is 47.2. The number of rotatable bonds is 46. The molecule has 6 heteroatoms. The molecule has 0 bridgehead atoms. The fourth-order valence-electron chi connectivity index (χ4n) is 6.85. The van der Waals surface area contributed by atoms with Gasteiger partial charge in [-0.15, -0.1) is 0 Å². The van der Waals surface area contributed by atoms with Crippen molar-refractivity contribution in [1.29, 1.82) is 0 Å². The molecule has 0 radical (unpaired) electrons. The number of carbonyl (C=O) groups is 3. The number of esters is 3. The molecule has 1 atom stereocenters. The molecule has 0 aromatic heterocycles. The van der Waals surface area contributed by atoms with Crippen molar-refractivity contribution < 1.29 is 28.6 Å². The molecule has 0 spiro atoms. The topological polar surface area (TPSA) is 78.9 Å². The molecular formula is C59H96O6. The fourth-order valence-corrected chi connectivity index (χ4v) is 6.85. The highest BCUT2D eigenvalue weighted by Gasteiger charge is 2.19. The van der Waals surface area contributed by atoms with Gasteiger partial charge < -0.3 is 14.2 Å². The monoisotopic (exact) mass is 901 g/mol. The quantitative estimate of drug-likeness (QED) is 0.0199. The van der Waals surface area contributed by atoms with Gasteiger partial charge in [0.1, 0.15) is 13.2 Å². The van der Waals surface area contributed by atoms with E-state index in [0.717, 1.165) is 128 Å². The van der Waals surface area contributed by atoms with E-state index < -0.39 is 6.10 Å². The SMILES string of the molecule is CC/C=C\C/C=C\C/C=C\C/C=C\CCCCCC(=O)OC(COC(=O)CCCCC/C=C\CCCCCCCC)COC(=O)CCCCCCC\C=C/C=C\C=C/C=C\CCCCC. The molecule has 0 amide bonds. The summed E-state index contributed by atoms with van der Waals surface area (Å²) in [7, 11) is 0. The molecule has 6 nitrogen and oxygen atoms in total. The summed E-state index contributed by atoms with van der Waals surface area (Å²) in [5.41, 5.74) is 0. The predicted molar refractivity (Wildman–Crippen MR) is 279 cm³/mol. The maximum atomic E-state index is 12.8. The third-order valence-corrected chi connectivity index (χ3v) is 10.8. The van der Waals surface area contributed by atoms with Gasteiger partial charge in [-0.1, -0.05) is 207 Å². The van der Waals surface area contributed by atoms with E-state index in [4.69, 9.17) is 14.2 Å². The molecule has 1 unspecified atom stereocenters. The van der Waals surface area contributed by atoms with Gasteiger partial charge in [0, 0.05) is 19.3 Å². The number of carbonyl (C=O) groups excluding carboxylic acids is 3. The lowest BCUT2D eigenvalue weighted by molar-refractivity contribution is -0.167. The molecule has 0 saturated heterocycles. The van der Waals surface area contributed by atoms with Crippen LogP contribution in [-0.4, -0.2) is 37.2 Å². The molecule has 0 N–H and O–H groups in total. The minimum atomic E-state index is -0.812. The summed E-state index contributed by atoms with van der Waals surface area (Å²) in [6.45, 7) is 6.41. The number of ether oxygens (including phenoxy) is 3. The van der Waals surface area contributed by atoms with Gasteiger partial charge in [0.15, 0.2) is 6.10 Å². The molecule has 0 aromatic carbocycles. The van der Waals surface area contributed by atoms with Gasteiger partial charge in [-0.3, -0.25) is 14.4 Å². The summed E-state index contributed by atoms with van der Waals surface area (Å²) < 4.78 is 16.8. The van der Waals surface area contributed by atoms with Crippen LogP contribution in [0.15, 0.2) is 109 Å². The maximum Gasteiger partial charge on any atom is 0.306 e.